The Labute approximate surface area is 179 Å². The van der Waals surface area contributed by atoms with Crippen molar-refractivity contribution >= 4 is 34.5 Å². The molecule has 8 heteroatoms. The molecule has 31 heavy (non-hydrogen) atoms. The molecular formula is C23H22N6O2. The number of amides is 2. The molecule has 0 saturated heterocycles. The van der Waals surface area contributed by atoms with Crippen molar-refractivity contribution in [1.29, 1.82) is 0 Å². The predicted octanol–water partition coefficient (Wildman–Crippen LogP) is 3.24. The molecular weight excluding hydrogens is 392 g/mol. The average Bonchev–Trinajstić information content (AvgIpc) is 3.48. The van der Waals surface area contributed by atoms with Crippen molar-refractivity contribution in [3.63, 3.8) is 0 Å². The molecule has 0 saturated carbocycles. The maximum atomic E-state index is 13.3. The third kappa shape index (κ3) is 3.68. The molecule has 1 N–H and O–H groups in total. The molecule has 0 bridgehead atoms. The van der Waals surface area contributed by atoms with Crippen LogP contribution in [0.4, 0.5) is 11.6 Å². The predicted molar refractivity (Wildman–Crippen MR) is 118 cm³/mol. The molecule has 156 valence electrons. The Balaban J connectivity index is 1.39. The van der Waals surface area contributed by atoms with Gasteiger partial charge in [0.05, 0.1) is 23.8 Å². The number of hydrogen-bond acceptors (Lipinski definition) is 4. The van der Waals surface area contributed by atoms with Gasteiger partial charge in [0, 0.05) is 31.2 Å². The molecule has 3 heterocycles. The second-order valence-electron chi connectivity index (χ2n) is 7.55. The Morgan fingerprint density at radius 3 is 2.65 bits per heavy atom. The van der Waals surface area contributed by atoms with Crippen LogP contribution in [0.1, 0.15) is 18.9 Å². The molecule has 4 aromatic rings. The van der Waals surface area contributed by atoms with Crippen molar-refractivity contribution < 1.29 is 9.59 Å². The Kier molecular flexibility index (Phi) is 4.95. The highest BCUT2D eigenvalue weighted by molar-refractivity contribution is 6.05. The van der Waals surface area contributed by atoms with Crippen molar-refractivity contribution in [2.45, 2.75) is 25.4 Å². The summed E-state index contributed by atoms with van der Waals surface area (Å²) in [6, 6.07) is 16.4. The summed E-state index contributed by atoms with van der Waals surface area (Å²) in [6.07, 6.45) is 6.21. The number of benzene rings is 2. The monoisotopic (exact) mass is 414 g/mol. The fourth-order valence-electron chi connectivity index (χ4n) is 4.05. The lowest BCUT2D eigenvalue weighted by atomic mass is 10.1. The number of carbonyl (C=O) groups excluding carboxylic acids is 2. The summed E-state index contributed by atoms with van der Waals surface area (Å²) < 4.78 is 3.88. The minimum absolute atomic E-state index is 0.0547. The van der Waals surface area contributed by atoms with Crippen LogP contribution in [0.5, 0.6) is 0 Å². The normalized spacial score (nSPS) is 15.4. The van der Waals surface area contributed by atoms with E-state index < -0.39 is 6.04 Å². The molecule has 1 atom stereocenters. The Hall–Kier alpha value is -3.94. The lowest BCUT2D eigenvalue weighted by Gasteiger charge is -2.16. The third-order valence-corrected chi connectivity index (χ3v) is 5.47. The Bertz CT molecular complexity index is 1220. The van der Waals surface area contributed by atoms with Crippen LogP contribution in [0.3, 0.4) is 0 Å². The van der Waals surface area contributed by atoms with Gasteiger partial charge in [0.2, 0.25) is 11.9 Å². The number of carbonyl (C=O) groups is 2. The smallest absolute Gasteiger partial charge is 0.253 e. The van der Waals surface area contributed by atoms with Crippen molar-refractivity contribution in [3.05, 3.63) is 73.3 Å². The van der Waals surface area contributed by atoms with Crippen molar-refractivity contribution in [3.8, 4) is 0 Å². The van der Waals surface area contributed by atoms with E-state index >= 15 is 0 Å². The SMILES string of the molecule is O=C(C[C@H]1C(=O)N(CCCn2ccnc2)c2nc3ccccc3n21)Nc1ccccc1. The van der Waals surface area contributed by atoms with Crippen LogP contribution in [0, 0.1) is 0 Å². The molecule has 1 aliphatic heterocycles. The van der Waals surface area contributed by atoms with Crippen LogP contribution in [-0.4, -0.2) is 37.5 Å². The van der Waals surface area contributed by atoms with Gasteiger partial charge in [-0.1, -0.05) is 30.3 Å². The zero-order valence-electron chi connectivity index (χ0n) is 16.9. The summed E-state index contributed by atoms with van der Waals surface area (Å²) in [4.78, 5) is 36.5. The van der Waals surface area contributed by atoms with Gasteiger partial charge in [-0.25, -0.2) is 9.97 Å². The van der Waals surface area contributed by atoms with Crippen molar-refractivity contribution in [2.75, 3.05) is 16.8 Å². The number of rotatable bonds is 7. The molecule has 0 aliphatic carbocycles. The zero-order valence-corrected chi connectivity index (χ0v) is 16.9. The summed E-state index contributed by atoms with van der Waals surface area (Å²) in [5.41, 5.74) is 2.39. The van der Waals surface area contributed by atoms with Crippen LogP contribution in [0.15, 0.2) is 73.3 Å². The van der Waals surface area contributed by atoms with Gasteiger partial charge in [-0.2, -0.15) is 0 Å². The molecule has 5 rings (SSSR count). The van der Waals surface area contributed by atoms with E-state index in [1.165, 1.54) is 0 Å². The quantitative estimate of drug-likeness (QED) is 0.503. The Morgan fingerprint density at radius 1 is 1.03 bits per heavy atom. The first-order valence-electron chi connectivity index (χ1n) is 10.3. The van der Waals surface area contributed by atoms with Gasteiger partial charge >= 0.3 is 0 Å². The van der Waals surface area contributed by atoms with Gasteiger partial charge in [0.15, 0.2) is 0 Å². The fraction of sp³-hybridized carbons (Fsp3) is 0.217. The topological polar surface area (TPSA) is 85.1 Å². The molecule has 8 nitrogen and oxygen atoms in total. The molecule has 2 aromatic heterocycles. The van der Waals surface area contributed by atoms with Crippen LogP contribution in [0.25, 0.3) is 11.0 Å². The van der Waals surface area contributed by atoms with Gasteiger partial charge in [0.25, 0.3) is 5.91 Å². The van der Waals surface area contributed by atoms with E-state index in [4.69, 9.17) is 4.98 Å². The van der Waals surface area contributed by atoms with Crippen molar-refractivity contribution in [2.24, 2.45) is 0 Å². The van der Waals surface area contributed by atoms with E-state index in [1.807, 2.05) is 69.9 Å². The number of imidazole rings is 2. The number of aromatic nitrogens is 4. The number of para-hydroxylation sites is 3. The third-order valence-electron chi connectivity index (χ3n) is 5.47. The molecule has 2 amide bonds. The summed E-state index contributed by atoms with van der Waals surface area (Å²) in [5, 5.41) is 2.88. The van der Waals surface area contributed by atoms with E-state index in [2.05, 4.69) is 10.3 Å². The van der Waals surface area contributed by atoms with Crippen LogP contribution in [-0.2, 0) is 16.1 Å². The summed E-state index contributed by atoms with van der Waals surface area (Å²) in [6.45, 7) is 1.28. The number of fused-ring (bicyclic) bond motifs is 3. The minimum atomic E-state index is -0.612. The lowest BCUT2D eigenvalue weighted by Crippen LogP contribution is -2.32. The molecule has 1 aliphatic rings. The highest BCUT2D eigenvalue weighted by Gasteiger charge is 2.40. The summed E-state index contributed by atoms with van der Waals surface area (Å²) >= 11 is 0. The molecule has 2 aromatic carbocycles. The van der Waals surface area contributed by atoms with Crippen LogP contribution >= 0.6 is 0 Å². The first-order valence-corrected chi connectivity index (χ1v) is 10.3. The van der Waals surface area contributed by atoms with Crippen LogP contribution < -0.4 is 10.2 Å². The van der Waals surface area contributed by atoms with Gasteiger partial charge in [0.1, 0.15) is 6.04 Å². The zero-order chi connectivity index (χ0) is 21.2. The van der Waals surface area contributed by atoms with E-state index in [1.54, 1.807) is 17.4 Å². The van der Waals surface area contributed by atoms with Gasteiger partial charge < -0.3 is 9.88 Å². The van der Waals surface area contributed by atoms with Crippen molar-refractivity contribution in [1.82, 2.24) is 19.1 Å². The molecule has 0 radical (unpaired) electrons. The van der Waals surface area contributed by atoms with E-state index in [0.29, 0.717) is 18.2 Å². The second-order valence-corrected chi connectivity index (χ2v) is 7.55. The highest BCUT2D eigenvalue weighted by Crippen LogP contribution is 2.36. The van der Waals surface area contributed by atoms with E-state index in [0.717, 1.165) is 24.0 Å². The van der Waals surface area contributed by atoms with Gasteiger partial charge in [-0.3, -0.25) is 19.1 Å². The van der Waals surface area contributed by atoms with E-state index in [-0.39, 0.29) is 18.2 Å². The molecule has 0 fully saturated rings. The highest BCUT2D eigenvalue weighted by atomic mass is 16.2. The first-order chi connectivity index (χ1) is 15.2. The Morgan fingerprint density at radius 2 is 1.84 bits per heavy atom. The summed E-state index contributed by atoms with van der Waals surface area (Å²) in [7, 11) is 0. The molecule has 0 spiro atoms. The largest absolute Gasteiger partial charge is 0.337 e. The van der Waals surface area contributed by atoms with E-state index in [9.17, 15) is 9.59 Å². The maximum Gasteiger partial charge on any atom is 0.253 e. The number of aryl methyl sites for hydroxylation is 1. The molecule has 0 unspecified atom stereocenters. The number of hydrogen-bond donors (Lipinski definition) is 1. The van der Waals surface area contributed by atoms with Gasteiger partial charge in [-0.15, -0.1) is 0 Å². The van der Waals surface area contributed by atoms with Crippen LogP contribution in [0.2, 0.25) is 0 Å². The standard InChI is InChI=1S/C23H22N6O2/c30-21(25-17-7-2-1-3-8-17)15-20-22(31)28(13-6-12-27-14-11-24-16-27)23-26-18-9-4-5-10-19(18)29(20)23/h1-5,7-11,14,16,20H,6,12-13,15H2,(H,25,30)/t20-/m0/s1. The second kappa shape index (κ2) is 8.06. The number of nitrogens with one attached hydrogen (secondary N) is 1. The van der Waals surface area contributed by atoms with Gasteiger partial charge in [-0.05, 0) is 30.7 Å². The maximum absolute atomic E-state index is 13.3. The first kappa shape index (κ1) is 19.0. The number of anilines is 2. The number of nitrogens with zero attached hydrogens (tertiary/aromatic N) is 5. The fourth-order valence-corrected chi connectivity index (χ4v) is 4.05. The average molecular weight is 414 g/mol. The summed E-state index contributed by atoms with van der Waals surface area (Å²) in [5.74, 6) is 0.310. The minimum Gasteiger partial charge on any atom is -0.337 e. The lowest BCUT2D eigenvalue weighted by molar-refractivity contribution is -0.124.